The van der Waals surface area contributed by atoms with E-state index in [1.165, 1.54) is 12.1 Å². The van der Waals surface area contributed by atoms with Gasteiger partial charge in [-0.3, -0.25) is 4.79 Å². The lowest BCUT2D eigenvalue weighted by molar-refractivity contribution is -0.137. The Bertz CT molecular complexity index is 479. The Morgan fingerprint density at radius 3 is 2.81 bits per heavy atom. The Kier molecular flexibility index (Phi) is 6.83. The summed E-state index contributed by atoms with van der Waals surface area (Å²) in [6.07, 6.45) is -4.13. The average Bonchev–Trinajstić information content (AvgIpc) is 2.39. The fraction of sp³-hybridized carbons (Fsp3) is 0.462. The van der Waals surface area contributed by atoms with E-state index in [-0.39, 0.29) is 36.5 Å². The van der Waals surface area contributed by atoms with Crippen LogP contribution < -0.4 is 10.6 Å². The maximum absolute atomic E-state index is 12.6. The van der Waals surface area contributed by atoms with Gasteiger partial charge in [0.2, 0.25) is 5.91 Å². The van der Waals surface area contributed by atoms with Crippen molar-refractivity contribution in [2.75, 3.05) is 23.4 Å². The summed E-state index contributed by atoms with van der Waals surface area (Å²) >= 11 is 1.77. The van der Waals surface area contributed by atoms with E-state index in [1.807, 2.05) is 0 Å². The van der Waals surface area contributed by atoms with E-state index < -0.39 is 11.7 Å². The summed E-state index contributed by atoms with van der Waals surface area (Å²) in [5, 5.41) is 5.72. The van der Waals surface area contributed by atoms with E-state index in [4.69, 9.17) is 0 Å². The van der Waals surface area contributed by atoms with Crippen molar-refractivity contribution in [3.8, 4) is 0 Å². The van der Waals surface area contributed by atoms with Crippen molar-refractivity contribution in [2.24, 2.45) is 0 Å². The molecule has 1 aromatic carbocycles. The van der Waals surface area contributed by atoms with E-state index in [0.717, 1.165) is 30.2 Å². The van der Waals surface area contributed by atoms with Crippen molar-refractivity contribution >= 4 is 35.8 Å². The third kappa shape index (κ3) is 5.76. The molecule has 0 bridgehead atoms. The topological polar surface area (TPSA) is 41.1 Å². The number of nitrogens with one attached hydrogen (secondary N) is 2. The lowest BCUT2D eigenvalue weighted by atomic mass is 10.1. The zero-order valence-corrected chi connectivity index (χ0v) is 12.7. The second kappa shape index (κ2) is 7.91. The second-order valence-electron chi connectivity index (χ2n) is 4.56. The summed E-state index contributed by atoms with van der Waals surface area (Å²) in [4.78, 5) is 11.8. The molecule has 1 atom stereocenters. The van der Waals surface area contributed by atoms with Gasteiger partial charge in [-0.25, -0.2) is 0 Å². The van der Waals surface area contributed by atoms with Crippen LogP contribution in [0, 0.1) is 0 Å². The van der Waals surface area contributed by atoms with Gasteiger partial charge in [-0.15, -0.1) is 12.4 Å². The largest absolute Gasteiger partial charge is 0.416 e. The third-order valence-corrected chi connectivity index (χ3v) is 4.03. The highest BCUT2D eigenvalue weighted by molar-refractivity contribution is 7.99. The van der Waals surface area contributed by atoms with Crippen LogP contribution in [0.2, 0.25) is 0 Å². The van der Waals surface area contributed by atoms with Crippen molar-refractivity contribution in [1.29, 1.82) is 0 Å². The number of thioether (sulfide) groups is 1. The molecule has 2 rings (SSSR count). The molecule has 0 radical (unpaired) electrons. The smallest absolute Gasteiger partial charge is 0.326 e. The molecule has 1 heterocycles. The van der Waals surface area contributed by atoms with Crippen LogP contribution in [0.1, 0.15) is 12.0 Å². The van der Waals surface area contributed by atoms with Gasteiger partial charge in [0.1, 0.15) is 0 Å². The first-order chi connectivity index (χ1) is 9.45. The number of benzene rings is 1. The highest BCUT2D eigenvalue weighted by Crippen LogP contribution is 2.30. The summed E-state index contributed by atoms with van der Waals surface area (Å²) in [5.74, 6) is 1.59. The fourth-order valence-corrected chi connectivity index (χ4v) is 2.91. The van der Waals surface area contributed by atoms with Gasteiger partial charge in [0.15, 0.2) is 0 Å². The molecule has 118 valence electrons. The molecule has 1 saturated heterocycles. The quantitative estimate of drug-likeness (QED) is 0.888. The lowest BCUT2D eigenvalue weighted by Gasteiger charge is -2.22. The molecule has 3 nitrogen and oxygen atoms in total. The standard InChI is InChI=1S/C13H15F3N2OS.ClH/c14-13(15,16)9-2-1-3-10(6-9)18-12(19)7-11-8-20-5-4-17-11;/h1-3,6,11,17H,4-5,7-8H2,(H,18,19);1H. The van der Waals surface area contributed by atoms with E-state index in [9.17, 15) is 18.0 Å². The molecular weight excluding hydrogens is 325 g/mol. The Labute approximate surface area is 131 Å². The molecule has 1 aromatic rings. The number of rotatable bonds is 3. The minimum Gasteiger partial charge on any atom is -0.326 e. The van der Waals surface area contributed by atoms with Crippen LogP contribution in [0.15, 0.2) is 24.3 Å². The second-order valence-corrected chi connectivity index (χ2v) is 5.71. The molecule has 8 heteroatoms. The van der Waals surface area contributed by atoms with Crippen molar-refractivity contribution in [3.63, 3.8) is 0 Å². The minimum absolute atomic E-state index is 0. The molecule has 2 N–H and O–H groups in total. The summed E-state index contributed by atoms with van der Waals surface area (Å²) in [5.41, 5.74) is -0.588. The Hall–Kier alpha value is -0.920. The molecule has 0 spiro atoms. The van der Waals surface area contributed by atoms with Crippen LogP contribution in [-0.2, 0) is 11.0 Å². The predicted molar refractivity (Wildman–Crippen MR) is 81.1 cm³/mol. The molecular formula is C13H16ClF3N2OS. The van der Waals surface area contributed by atoms with Gasteiger partial charge in [-0.2, -0.15) is 24.9 Å². The van der Waals surface area contributed by atoms with Crippen molar-refractivity contribution in [3.05, 3.63) is 29.8 Å². The number of anilines is 1. The SMILES string of the molecule is Cl.O=C(CC1CSCCN1)Nc1cccc(C(F)(F)F)c1. The molecule has 0 aliphatic carbocycles. The van der Waals surface area contributed by atoms with Gasteiger partial charge < -0.3 is 10.6 Å². The van der Waals surface area contributed by atoms with Gasteiger partial charge >= 0.3 is 6.18 Å². The van der Waals surface area contributed by atoms with Gasteiger partial charge in [0.05, 0.1) is 5.56 Å². The van der Waals surface area contributed by atoms with Crippen molar-refractivity contribution < 1.29 is 18.0 Å². The number of hydrogen-bond donors (Lipinski definition) is 2. The van der Waals surface area contributed by atoms with Gasteiger partial charge in [0, 0.05) is 36.2 Å². The van der Waals surface area contributed by atoms with Gasteiger partial charge in [0.25, 0.3) is 0 Å². The number of amides is 1. The van der Waals surface area contributed by atoms with Crippen molar-refractivity contribution in [1.82, 2.24) is 5.32 Å². The summed E-state index contributed by atoms with van der Waals surface area (Å²) < 4.78 is 37.7. The Balaban J connectivity index is 0.00000220. The number of hydrogen-bond acceptors (Lipinski definition) is 3. The molecule has 0 aromatic heterocycles. The molecule has 1 amide bonds. The maximum atomic E-state index is 12.6. The first kappa shape index (κ1) is 18.1. The summed E-state index contributed by atoms with van der Waals surface area (Å²) in [7, 11) is 0. The fourth-order valence-electron chi connectivity index (χ4n) is 1.96. The van der Waals surface area contributed by atoms with Crippen LogP contribution in [0.5, 0.6) is 0 Å². The van der Waals surface area contributed by atoms with Crippen LogP contribution >= 0.6 is 24.2 Å². The number of halogens is 4. The maximum Gasteiger partial charge on any atom is 0.416 e. The number of carbonyl (C=O) groups is 1. The highest BCUT2D eigenvalue weighted by Gasteiger charge is 2.30. The van der Waals surface area contributed by atoms with Crippen LogP contribution in [0.25, 0.3) is 0 Å². The van der Waals surface area contributed by atoms with E-state index in [1.54, 1.807) is 11.8 Å². The van der Waals surface area contributed by atoms with Crippen LogP contribution in [0.4, 0.5) is 18.9 Å². The zero-order valence-electron chi connectivity index (χ0n) is 11.1. The first-order valence-electron chi connectivity index (χ1n) is 6.23. The molecule has 21 heavy (non-hydrogen) atoms. The Morgan fingerprint density at radius 2 is 2.19 bits per heavy atom. The number of alkyl halides is 3. The molecule has 1 unspecified atom stereocenters. The molecule has 1 fully saturated rings. The van der Waals surface area contributed by atoms with Gasteiger partial charge in [-0.1, -0.05) is 6.07 Å². The third-order valence-electron chi connectivity index (χ3n) is 2.90. The Morgan fingerprint density at radius 1 is 1.43 bits per heavy atom. The van der Waals surface area contributed by atoms with Crippen molar-refractivity contribution in [2.45, 2.75) is 18.6 Å². The average molecular weight is 341 g/mol. The molecule has 1 aliphatic rings. The minimum atomic E-state index is -4.40. The van der Waals surface area contributed by atoms with Crippen LogP contribution in [0.3, 0.4) is 0 Å². The number of carbonyl (C=O) groups excluding carboxylic acids is 1. The first-order valence-corrected chi connectivity index (χ1v) is 7.39. The lowest BCUT2D eigenvalue weighted by Crippen LogP contribution is -2.39. The molecule has 0 saturated carbocycles. The summed E-state index contributed by atoms with van der Waals surface area (Å²) in [6, 6.07) is 4.75. The monoisotopic (exact) mass is 340 g/mol. The highest BCUT2D eigenvalue weighted by atomic mass is 35.5. The predicted octanol–water partition coefficient (Wildman–Crippen LogP) is 3.16. The summed E-state index contributed by atoms with van der Waals surface area (Å²) in [6.45, 7) is 0.853. The van der Waals surface area contributed by atoms with E-state index in [0.29, 0.717) is 0 Å². The zero-order chi connectivity index (χ0) is 14.6. The van der Waals surface area contributed by atoms with E-state index in [2.05, 4.69) is 10.6 Å². The molecule has 1 aliphatic heterocycles. The van der Waals surface area contributed by atoms with Gasteiger partial charge in [-0.05, 0) is 18.2 Å². The normalized spacial score (nSPS) is 18.7. The van der Waals surface area contributed by atoms with E-state index >= 15 is 0 Å². The van der Waals surface area contributed by atoms with Crippen LogP contribution in [-0.4, -0.2) is 30.0 Å².